The second-order valence-electron chi connectivity index (χ2n) is 5.55. The maximum Gasteiger partial charge on any atom is 0.325 e. The average Bonchev–Trinajstić information content (AvgIpc) is 2.94. The Hall–Kier alpha value is -2.75. The molecule has 1 amide bonds. The number of amides is 1. The molecule has 0 spiro atoms. The van der Waals surface area contributed by atoms with Crippen LogP contribution in [0.25, 0.3) is 5.53 Å². The lowest BCUT2D eigenvalue weighted by molar-refractivity contribution is -0.120. The van der Waals surface area contributed by atoms with Crippen molar-refractivity contribution in [2.45, 2.75) is 18.4 Å². The van der Waals surface area contributed by atoms with Crippen molar-refractivity contribution in [1.82, 2.24) is 0 Å². The first-order valence-corrected chi connectivity index (χ1v) is 7.83. The van der Waals surface area contributed by atoms with Crippen molar-refractivity contribution in [2.75, 3.05) is 4.90 Å². The number of carbonyl (C=O) groups excluding carboxylic acids is 2. The van der Waals surface area contributed by atoms with Crippen molar-refractivity contribution >= 4 is 35.2 Å². The molecule has 1 aliphatic heterocycles. The average molecular weight is 340 g/mol. The fourth-order valence-corrected chi connectivity index (χ4v) is 3.22. The molecular formula is C18H14ClN3O2. The van der Waals surface area contributed by atoms with Gasteiger partial charge in [-0.15, -0.1) is 0 Å². The van der Waals surface area contributed by atoms with E-state index in [1.54, 1.807) is 24.3 Å². The van der Waals surface area contributed by atoms with Gasteiger partial charge in [0.05, 0.1) is 0 Å². The number of rotatable bonds is 4. The Balaban J connectivity index is 2.06. The summed E-state index contributed by atoms with van der Waals surface area (Å²) in [6, 6.07) is 15.4. The predicted molar refractivity (Wildman–Crippen MR) is 91.2 cm³/mol. The highest BCUT2D eigenvalue weighted by Gasteiger charge is 2.46. The van der Waals surface area contributed by atoms with Gasteiger partial charge in [0.15, 0.2) is 0 Å². The van der Waals surface area contributed by atoms with Gasteiger partial charge in [-0.25, -0.2) is 0 Å². The third-order valence-electron chi connectivity index (χ3n) is 4.13. The topological polar surface area (TPSA) is 73.8 Å². The van der Waals surface area contributed by atoms with Gasteiger partial charge < -0.3 is 10.4 Å². The normalized spacial score (nSPS) is 19.9. The molecule has 0 N–H and O–H groups in total. The van der Waals surface area contributed by atoms with Crippen LogP contribution in [0.4, 0.5) is 5.69 Å². The van der Waals surface area contributed by atoms with E-state index in [0.717, 1.165) is 11.8 Å². The first-order chi connectivity index (χ1) is 11.6. The third kappa shape index (κ3) is 3.00. The second-order valence-corrected chi connectivity index (χ2v) is 5.99. The van der Waals surface area contributed by atoms with Gasteiger partial charge in [0.2, 0.25) is 5.91 Å². The van der Waals surface area contributed by atoms with Crippen LogP contribution in [0.1, 0.15) is 17.9 Å². The number of carbonyl (C=O) groups is 2. The van der Waals surface area contributed by atoms with Gasteiger partial charge in [-0.2, -0.15) is 4.79 Å². The fraction of sp³-hybridized carbons (Fsp3) is 0.167. The fourth-order valence-electron chi connectivity index (χ4n) is 3.10. The van der Waals surface area contributed by atoms with Gasteiger partial charge >= 0.3 is 6.21 Å². The van der Waals surface area contributed by atoms with Crippen LogP contribution in [0.5, 0.6) is 0 Å². The summed E-state index contributed by atoms with van der Waals surface area (Å²) in [5.41, 5.74) is 10.2. The van der Waals surface area contributed by atoms with Crippen LogP contribution in [-0.4, -0.2) is 28.7 Å². The highest BCUT2D eigenvalue weighted by atomic mass is 35.5. The summed E-state index contributed by atoms with van der Waals surface area (Å²) >= 11 is 5.90. The molecule has 0 saturated carbocycles. The maximum absolute atomic E-state index is 12.6. The lowest BCUT2D eigenvalue weighted by atomic mass is 9.89. The summed E-state index contributed by atoms with van der Waals surface area (Å²) in [4.78, 5) is 29.4. The van der Waals surface area contributed by atoms with E-state index in [1.807, 2.05) is 30.3 Å². The minimum absolute atomic E-state index is 0.157. The minimum Gasteiger partial charge on any atom is -0.361 e. The van der Waals surface area contributed by atoms with Gasteiger partial charge in [-0.3, -0.25) is 9.59 Å². The Bertz CT molecular complexity index is 814. The van der Waals surface area contributed by atoms with Gasteiger partial charge in [-0.05, 0) is 29.8 Å². The molecule has 6 heteroatoms. The Labute approximate surface area is 144 Å². The first kappa shape index (κ1) is 16.1. The molecule has 1 fully saturated rings. The van der Waals surface area contributed by atoms with Crippen LogP contribution >= 0.6 is 11.6 Å². The number of nitrogens with zero attached hydrogens (tertiary/aromatic N) is 3. The van der Waals surface area contributed by atoms with Gasteiger partial charge in [0, 0.05) is 23.0 Å². The molecule has 0 radical (unpaired) electrons. The third-order valence-corrected chi connectivity index (χ3v) is 4.38. The standard InChI is InChI=1S/C18H14ClN3O2/c19-13-6-8-14(9-7-13)22-17(24)10-15(12-4-2-1-3-5-12)18(22)16(23)11-21-20/h1-9,11,15,18H,10H2/t15-,18+/m1/s1. The molecule has 5 nitrogen and oxygen atoms in total. The molecule has 2 aromatic carbocycles. The molecule has 120 valence electrons. The largest absolute Gasteiger partial charge is 0.361 e. The van der Waals surface area contributed by atoms with Gasteiger partial charge in [0.25, 0.3) is 5.78 Å². The van der Waals surface area contributed by atoms with Crippen molar-refractivity contribution in [1.29, 1.82) is 0 Å². The van der Waals surface area contributed by atoms with Crippen LogP contribution in [0.3, 0.4) is 0 Å². The Morgan fingerprint density at radius 2 is 1.83 bits per heavy atom. The zero-order chi connectivity index (χ0) is 17.1. The number of ketones is 1. The van der Waals surface area contributed by atoms with Crippen molar-refractivity contribution < 1.29 is 14.4 Å². The number of hydrogen-bond acceptors (Lipinski definition) is 2. The van der Waals surface area contributed by atoms with Crippen LogP contribution in [0.2, 0.25) is 5.02 Å². The molecule has 0 aliphatic carbocycles. The molecule has 3 rings (SSSR count). The summed E-state index contributed by atoms with van der Waals surface area (Å²) < 4.78 is 0. The first-order valence-electron chi connectivity index (χ1n) is 7.45. The van der Waals surface area contributed by atoms with E-state index in [0.29, 0.717) is 10.7 Å². The lowest BCUT2D eigenvalue weighted by Crippen LogP contribution is -2.41. The number of Topliss-reactive ketones (excluding diaryl/α,β-unsaturated/α-hetero) is 1. The van der Waals surface area contributed by atoms with E-state index in [2.05, 4.69) is 4.79 Å². The van der Waals surface area contributed by atoms with E-state index < -0.39 is 11.8 Å². The highest BCUT2D eigenvalue weighted by Crippen LogP contribution is 2.38. The van der Waals surface area contributed by atoms with E-state index in [9.17, 15) is 9.59 Å². The zero-order valence-electron chi connectivity index (χ0n) is 12.7. The quantitative estimate of drug-likeness (QED) is 0.487. The second kappa shape index (κ2) is 6.79. The molecule has 0 aromatic heterocycles. The summed E-state index contributed by atoms with van der Waals surface area (Å²) in [6.07, 6.45) is 1.06. The number of benzene rings is 2. The lowest BCUT2D eigenvalue weighted by Gasteiger charge is -2.25. The van der Waals surface area contributed by atoms with Crippen molar-refractivity contribution in [2.24, 2.45) is 0 Å². The predicted octanol–water partition coefficient (Wildman–Crippen LogP) is 3.10. The number of anilines is 1. The molecule has 24 heavy (non-hydrogen) atoms. The molecule has 1 saturated heterocycles. The molecule has 2 atom stereocenters. The number of hydrogen-bond donors (Lipinski definition) is 0. The summed E-state index contributed by atoms with van der Waals surface area (Å²) in [6.45, 7) is 0. The maximum atomic E-state index is 12.6. The van der Waals surface area contributed by atoms with Crippen molar-refractivity contribution in [3.05, 3.63) is 70.7 Å². The molecule has 2 aromatic rings. The molecular weight excluding hydrogens is 326 g/mol. The highest BCUT2D eigenvalue weighted by molar-refractivity contribution is 6.31. The van der Waals surface area contributed by atoms with E-state index in [-0.39, 0.29) is 18.2 Å². The Morgan fingerprint density at radius 1 is 1.17 bits per heavy atom. The molecule has 1 heterocycles. The van der Waals surface area contributed by atoms with Gasteiger partial charge in [-0.1, -0.05) is 41.9 Å². The molecule has 0 unspecified atom stereocenters. The molecule has 0 bridgehead atoms. The van der Waals surface area contributed by atoms with Crippen LogP contribution < -0.4 is 4.90 Å². The van der Waals surface area contributed by atoms with E-state index in [4.69, 9.17) is 17.1 Å². The van der Waals surface area contributed by atoms with Crippen LogP contribution in [0.15, 0.2) is 54.6 Å². The molecule has 1 aliphatic rings. The Morgan fingerprint density at radius 3 is 2.46 bits per heavy atom. The summed E-state index contributed by atoms with van der Waals surface area (Å²) in [5.74, 6) is -0.886. The van der Waals surface area contributed by atoms with Crippen molar-refractivity contribution in [3.63, 3.8) is 0 Å². The van der Waals surface area contributed by atoms with Crippen molar-refractivity contribution in [3.8, 4) is 0 Å². The zero-order valence-corrected chi connectivity index (χ0v) is 13.4. The Kier molecular flexibility index (Phi) is 4.56. The van der Waals surface area contributed by atoms with Crippen LogP contribution in [-0.2, 0) is 9.59 Å². The summed E-state index contributed by atoms with van der Waals surface area (Å²) in [7, 11) is 0. The van der Waals surface area contributed by atoms with E-state index in [1.165, 1.54) is 4.90 Å². The monoisotopic (exact) mass is 339 g/mol. The van der Waals surface area contributed by atoms with E-state index >= 15 is 0 Å². The SMILES string of the molecule is [N-]=[N+]=CC(=O)[C@@H]1[C@@H](c2ccccc2)CC(=O)N1c1ccc(Cl)cc1. The smallest absolute Gasteiger partial charge is 0.325 e. The minimum atomic E-state index is -0.753. The van der Waals surface area contributed by atoms with Crippen LogP contribution in [0, 0.1) is 0 Å². The van der Waals surface area contributed by atoms with Gasteiger partial charge in [0.1, 0.15) is 6.04 Å². The number of halogens is 1. The summed E-state index contributed by atoms with van der Waals surface area (Å²) in [5, 5.41) is 0.546.